The Bertz CT molecular complexity index is 219. The van der Waals surface area contributed by atoms with Crippen LogP contribution in [0.4, 0.5) is 0 Å². The Morgan fingerprint density at radius 2 is 1.76 bits per heavy atom. The molecule has 2 nitrogen and oxygen atoms in total. The first kappa shape index (κ1) is 13.4. The Hall–Kier alpha value is -0.0800. The summed E-state index contributed by atoms with van der Waals surface area (Å²) in [7, 11) is 0. The van der Waals surface area contributed by atoms with Gasteiger partial charge in [-0.05, 0) is 44.9 Å². The number of hydrogen-bond donors (Lipinski definition) is 1. The van der Waals surface area contributed by atoms with Gasteiger partial charge in [-0.3, -0.25) is 4.90 Å². The van der Waals surface area contributed by atoms with E-state index in [1.54, 1.807) is 0 Å². The summed E-state index contributed by atoms with van der Waals surface area (Å²) in [5.74, 6) is 0. The van der Waals surface area contributed by atoms with Gasteiger partial charge in [0.25, 0.3) is 0 Å². The standard InChI is InChI=1S/C15H29NO/c1-2-3-6-14-10-11-15-8-4-7-13(16(14)15)9-5-12-17/h13-15,17H,2-12H2,1H3/t13-,14+,15?/m0/s1. The molecule has 0 bridgehead atoms. The molecule has 3 atom stereocenters. The number of rotatable bonds is 6. The molecule has 0 aromatic carbocycles. The first-order valence-corrected chi connectivity index (χ1v) is 7.75. The van der Waals surface area contributed by atoms with Gasteiger partial charge in [-0.1, -0.05) is 26.2 Å². The van der Waals surface area contributed by atoms with Crippen molar-refractivity contribution >= 4 is 0 Å². The Morgan fingerprint density at radius 3 is 2.53 bits per heavy atom. The molecular weight excluding hydrogens is 210 g/mol. The van der Waals surface area contributed by atoms with Crippen LogP contribution in [0.5, 0.6) is 0 Å². The van der Waals surface area contributed by atoms with Crippen LogP contribution in [0.15, 0.2) is 0 Å². The summed E-state index contributed by atoms with van der Waals surface area (Å²) < 4.78 is 0. The summed E-state index contributed by atoms with van der Waals surface area (Å²) in [5.41, 5.74) is 0. The molecule has 0 aliphatic carbocycles. The molecule has 2 fully saturated rings. The molecule has 2 aliphatic rings. The van der Waals surface area contributed by atoms with Crippen molar-refractivity contribution in [3.63, 3.8) is 0 Å². The first-order valence-electron chi connectivity index (χ1n) is 7.75. The predicted octanol–water partition coefficient (Wildman–Crippen LogP) is 3.33. The van der Waals surface area contributed by atoms with Gasteiger partial charge in [0, 0.05) is 24.7 Å². The minimum atomic E-state index is 0.370. The van der Waals surface area contributed by atoms with Crippen molar-refractivity contribution in [2.24, 2.45) is 0 Å². The molecule has 0 amide bonds. The predicted molar refractivity (Wildman–Crippen MR) is 72.1 cm³/mol. The fourth-order valence-electron chi connectivity index (χ4n) is 3.96. The summed E-state index contributed by atoms with van der Waals surface area (Å²) >= 11 is 0. The van der Waals surface area contributed by atoms with E-state index in [9.17, 15) is 0 Å². The van der Waals surface area contributed by atoms with Crippen LogP contribution in [0.2, 0.25) is 0 Å². The van der Waals surface area contributed by atoms with E-state index in [-0.39, 0.29) is 0 Å². The molecule has 0 aromatic heterocycles. The SMILES string of the molecule is CCCC[C@@H]1CCC2CCC[C@@H](CCCO)N21. The Morgan fingerprint density at radius 1 is 1.00 bits per heavy atom. The second-order valence-electron chi connectivity index (χ2n) is 5.93. The highest BCUT2D eigenvalue weighted by Crippen LogP contribution is 2.38. The lowest BCUT2D eigenvalue weighted by Gasteiger charge is -2.41. The van der Waals surface area contributed by atoms with Crippen molar-refractivity contribution in [2.45, 2.75) is 89.3 Å². The second kappa shape index (κ2) is 6.75. The fraction of sp³-hybridized carbons (Fsp3) is 1.00. The largest absolute Gasteiger partial charge is 0.396 e. The lowest BCUT2D eigenvalue weighted by molar-refractivity contribution is 0.0674. The summed E-state index contributed by atoms with van der Waals surface area (Å²) in [6.45, 7) is 2.67. The molecule has 2 rings (SSSR count). The summed E-state index contributed by atoms with van der Waals surface area (Å²) in [5, 5.41) is 9.03. The van der Waals surface area contributed by atoms with Gasteiger partial charge in [0.1, 0.15) is 0 Å². The quantitative estimate of drug-likeness (QED) is 0.768. The molecule has 2 heterocycles. The average molecular weight is 239 g/mol. The topological polar surface area (TPSA) is 23.5 Å². The minimum absolute atomic E-state index is 0.370. The smallest absolute Gasteiger partial charge is 0.0431 e. The van der Waals surface area contributed by atoms with E-state index >= 15 is 0 Å². The number of unbranched alkanes of at least 4 members (excludes halogenated alkanes) is 1. The molecule has 0 saturated carbocycles. The third-order valence-corrected chi connectivity index (χ3v) is 4.76. The van der Waals surface area contributed by atoms with Gasteiger partial charge in [-0.25, -0.2) is 0 Å². The number of hydrogen-bond acceptors (Lipinski definition) is 2. The Kier molecular flexibility index (Phi) is 5.30. The maximum absolute atomic E-state index is 9.03. The van der Waals surface area contributed by atoms with Crippen LogP contribution in [0.1, 0.15) is 71.1 Å². The van der Waals surface area contributed by atoms with Gasteiger partial charge in [-0.15, -0.1) is 0 Å². The van der Waals surface area contributed by atoms with E-state index in [1.165, 1.54) is 57.8 Å². The third kappa shape index (κ3) is 3.23. The molecule has 1 N–H and O–H groups in total. The fourth-order valence-corrected chi connectivity index (χ4v) is 3.96. The number of nitrogens with zero attached hydrogens (tertiary/aromatic N) is 1. The average Bonchev–Trinajstić information content (AvgIpc) is 2.77. The summed E-state index contributed by atoms with van der Waals surface area (Å²) in [6, 6.07) is 2.53. The van der Waals surface area contributed by atoms with E-state index in [1.807, 2.05) is 0 Å². The van der Waals surface area contributed by atoms with Crippen LogP contribution < -0.4 is 0 Å². The molecule has 2 aliphatic heterocycles. The van der Waals surface area contributed by atoms with Crippen LogP contribution in [-0.4, -0.2) is 34.7 Å². The monoisotopic (exact) mass is 239 g/mol. The molecule has 100 valence electrons. The summed E-state index contributed by atoms with van der Waals surface area (Å²) in [6.07, 6.45) is 13.4. The van der Waals surface area contributed by atoms with Gasteiger partial charge in [0.2, 0.25) is 0 Å². The Balaban J connectivity index is 1.91. The van der Waals surface area contributed by atoms with Gasteiger partial charge in [0.05, 0.1) is 0 Å². The molecule has 2 saturated heterocycles. The van der Waals surface area contributed by atoms with Crippen LogP contribution in [-0.2, 0) is 0 Å². The normalized spacial score (nSPS) is 33.9. The molecule has 0 radical (unpaired) electrons. The van der Waals surface area contributed by atoms with Crippen LogP contribution in [0.25, 0.3) is 0 Å². The van der Waals surface area contributed by atoms with Crippen LogP contribution in [0, 0.1) is 0 Å². The first-order chi connectivity index (χ1) is 8.36. The lowest BCUT2D eigenvalue weighted by atomic mass is 9.93. The van der Waals surface area contributed by atoms with Crippen molar-refractivity contribution in [3.05, 3.63) is 0 Å². The van der Waals surface area contributed by atoms with E-state index in [4.69, 9.17) is 5.11 Å². The second-order valence-corrected chi connectivity index (χ2v) is 5.93. The van der Waals surface area contributed by atoms with Crippen molar-refractivity contribution in [1.29, 1.82) is 0 Å². The zero-order valence-electron chi connectivity index (χ0n) is 11.4. The van der Waals surface area contributed by atoms with Gasteiger partial charge < -0.3 is 5.11 Å². The zero-order chi connectivity index (χ0) is 12.1. The van der Waals surface area contributed by atoms with Gasteiger partial charge >= 0.3 is 0 Å². The lowest BCUT2D eigenvalue weighted by Crippen LogP contribution is -2.47. The molecule has 2 heteroatoms. The molecular formula is C15H29NO. The van der Waals surface area contributed by atoms with Crippen LogP contribution >= 0.6 is 0 Å². The van der Waals surface area contributed by atoms with Crippen molar-refractivity contribution in [1.82, 2.24) is 4.90 Å². The molecule has 1 unspecified atom stereocenters. The van der Waals surface area contributed by atoms with E-state index in [0.717, 1.165) is 24.5 Å². The summed E-state index contributed by atoms with van der Waals surface area (Å²) in [4.78, 5) is 2.86. The van der Waals surface area contributed by atoms with E-state index < -0.39 is 0 Å². The highest BCUT2D eigenvalue weighted by molar-refractivity contribution is 4.94. The maximum Gasteiger partial charge on any atom is 0.0431 e. The highest BCUT2D eigenvalue weighted by Gasteiger charge is 2.39. The number of aliphatic hydroxyl groups excluding tert-OH is 1. The van der Waals surface area contributed by atoms with E-state index in [0.29, 0.717) is 6.61 Å². The third-order valence-electron chi connectivity index (χ3n) is 4.76. The van der Waals surface area contributed by atoms with E-state index in [2.05, 4.69) is 11.8 Å². The van der Waals surface area contributed by atoms with Crippen molar-refractivity contribution in [3.8, 4) is 0 Å². The van der Waals surface area contributed by atoms with Crippen LogP contribution in [0.3, 0.4) is 0 Å². The molecule has 17 heavy (non-hydrogen) atoms. The van der Waals surface area contributed by atoms with Gasteiger partial charge in [-0.2, -0.15) is 0 Å². The Labute approximate surface area is 106 Å². The number of fused-ring (bicyclic) bond motifs is 1. The number of aliphatic hydroxyl groups is 1. The van der Waals surface area contributed by atoms with Crippen molar-refractivity contribution in [2.75, 3.05) is 6.61 Å². The maximum atomic E-state index is 9.03. The van der Waals surface area contributed by atoms with Gasteiger partial charge in [0.15, 0.2) is 0 Å². The highest BCUT2D eigenvalue weighted by atomic mass is 16.2. The zero-order valence-corrected chi connectivity index (χ0v) is 11.4. The molecule has 0 spiro atoms. The van der Waals surface area contributed by atoms with Crippen molar-refractivity contribution < 1.29 is 5.11 Å². The molecule has 0 aromatic rings. The number of piperidine rings is 1. The minimum Gasteiger partial charge on any atom is -0.396 e.